The predicted molar refractivity (Wildman–Crippen MR) is 95.8 cm³/mol. The molecule has 3 N–H and O–H groups in total. The van der Waals surface area contributed by atoms with Gasteiger partial charge in [-0.2, -0.15) is 0 Å². The summed E-state index contributed by atoms with van der Waals surface area (Å²) < 4.78 is 0. The normalized spacial score (nSPS) is 11.6. The van der Waals surface area contributed by atoms with Gasteiger partial charge in [0.1, 0.15) is 0 Å². The number of nitrogens with one attached hydrogen (secondary N) is 1. The number of hydrogen-bond donors (Lipinski definition) is 2. The Hall–Kier alpha value is -1.04. The number of ketones is 1. The zero-order valence-electron chi connectivity index (χ0n) is 13.1. The van der Waals surface area contributed by atoms with Crippen LogP contribution in [0.4, 0.5) is 0 Å². The highest BCUT2D eigenvalue weighted by Gasteiger charge is 2.13. The molecule has 0 bridgehead atoms. The predicted octanol–water partition coefficient (Wildman–Crippen LogP) is 2.51. The number of halogens is 1. The van der Waals surface area contributed by atoms with Gasteiger partial charge in [-0.15, -0.1) is 24.2 Å². The van der Waals surface area contributed by atoms with Crippen molar-refractivity contribution in [3.8, 4) is 0 Å². The first kappa shape index (κ1) is 21.0. The number of nitrogens with two attached hydrogens (primary N) is 1. The molecule has 1 aromatic rings. The highest BCUT2D eigenvalue weighted by atomic mass is 35.5. The molecule has 1 atom stereocenters. The summed E-state index contributed by atoms with van der Waals surface area (Å²) >= 11 is 1.33. The van der Waals surface area contributed by atoms with Crippen LogP contribution >= 0.6 is 24.2 Å². The lowest BCUT2D eigenvalue weighted by atomic mass is 10.0. The standard InChI is InChI=1S/C16H24N2O2S.ClH/c1-12(2)8-14(9-17)18-16(20)11-21-10-15(19)13-6-4-3-5-7-13;/h3-7,12,14H,8-11,17H2,1-2H3,(H,18,20);1H. The Morgan fingerprint density at radius 2 is 1.82 bits per heavy atom. The van der Waals surface area contributed by atoms with Crippen LogP contribution in [-0.2, 0) is 4.79 Å². The van der Waals surface area contributed by atoms with Crippen molar-refractivity contribution in [3.05, 3.63) is 35.9 Å². The zero-order chi connectivity index (χ0) is 15.7. The van der Waals surface area contributed by atoms with Crippen LogP contribution in [-0.4, -0.2) is 35.8 Å². The average Bonchev–Trinajstić information content (AvgIpc) is 2.46. The number of carbonyl (C=O) groups is 2. The Morgan fingerprint density at radius 1 is 1.18 bits per heavy atom. The first-order valence-electron chi connectivity index (χ1n) is 7.18. The Labute approximate surface area is 143 Å². The van der Waals surface area contributed by atoms with E-state index in [2.05, 4.69) is 19.2 Å². The Balaban J connectivity index is 0.00000441. The van der Waals surface area contributed by atoms with Crippen molar-refractivity contribution >= 4 is 35.9 Å². The van der Waals surface area contributed by atoms with Crippen molar-refractivity contribution in [3.63, 3.8) is 0 Å². The van der Waals surface area contributed by atoms with Crippen LogP contribution in [0.1, 0.15) is 30.6 Å². The largest absolute Gasteiger partial charge is 0.351 e. The van der Waals surface area contributed by atoms with Gasteiger partial charge in [0.05, 0.1) is 11.5 Å². The lowest BCUT2D eigenvalue weighted by Crippen LogP contribution is -2.41. The van der Waals surface area contributed by atoms with Crippen molar-refractivity contribution in [1.82, 2.24) is 5.32 Å². The molecule has 1 aromatic carbocycles. The molecule has 1 amide bonds. The van der Waals surface area contributed by atoms with E-state index in [1.807, 2.05) is 18.2 Å². The number of hydrogen-bond acceptors (Lipinski definition) is 4. The number of Topliss-reactive ketones (excluding diaryl/α,β-unsaturated/α-hetero) is 1. The summed E-state index contributed by atoms with van der Waals surface area (Å²) in [5, 5.41) is 2.92. The van der Waals surface area contributed by atoms with Gasteiger partial charge in [-0.25, -0.2) is 0 Å². The van der Waals surface area contributed by atoms with Gasteiger partial charge >= 0.3 is 0 Å². The lowest BCUT2D eigenvalue weighted by molar-refractivity contribution is -0.119. The second kappa shape index (κ2) is 11.5. The Bertz CT molecular complexity index is 455. The van der Waals surface area contributed by atoms with Crippen LogP contribution in [0.15, 0.2) is 30.3 Å². The van der Waals surface area contributed by atoms with Crippen LogP contribution in [0.3, 0.4) is 0 Å². The van der Waals surface area contributed by atoms with E-state index in [0.29, 0.717) is 23.8 Å². The van der Waals surface area contributed by atoms with Gasteiger partial charge in [0.25, 0.3) is 0 Å². The molecule has 0 saturated carbocycles. The maximum Gasteiger partial charge on any atom is 0.230 e. The van der Waals surface area contributed by atoms with Gasteiger partial charge in [-0.05, 0) is 12.3 Å². The van der Waals surface area contributed by atoms with Crippen molar-refractivity contribution in [1.29, 1.82) is 0 Å². The highest BCUT2D eigenvalue weighted by molar-refractivity contribution is 8.00. The molecule has 6 heteroatoms. The molecule has 0 saturated heterocycles. The van der Waals surface area contributed by atoms with Crippen molar-refractivity contribution < 1.29 is 9.59 Å². The SMILES string of the molecule is CC(C)CC(CN)NC(=O)CSCC(=O)c1ccccc1.Cl. The van der Waals surface area contributed by atoms with E-state index < -0.39 is 0 Å². The van der Waals surface area contributed by atoms with Gasteiger partial charge < -0.3 is 11.1 Å². The zero-order valence-corrected chi connectivity index (χ0v) is 14.7. The van der Waals surface area contributed by atoms with Crippen molar-refractivity contribution in [2.75, 3.05) is 18.1 Å². The van der Waals surface area contributed by atoms with Crippen molar-refractivity contribution in [2.24, 2.45) is 11.7 Å². The highest BCUT2D eigenvalue weighted by Crippen LogP contribution is 2.08. The van der Waals surface area contributed by atoms with E-state index in [4.69, 9.17) is 5.73 Å². The Morgan fingerprint density at radius 3 is 2.36 bits per heavy atom. The van der Waals surface area contributed by atoms with E-state index in [1.165, 1.54) is 11.8 Å². The summed E-state index contributed by atoms with van der Waals surface area (Å²) in [5.74, 6) is 1.08. The van der Waals surface area contributed by atoms with Crippen molar-refractivity contribution in [2.45, 2.75) is 26.3 Å². The third-order valence-corrected chi connectivity index (χ3v) is 3.90. The third-order valence-electron chi connectivity index (χ3n) is 2.97. The van der Waals surface area contributed by atoms with Crippen LogP contribution in [0, 0.1) is 5.92 Å². The Kier molecular flexibility index (Phi) is 11.0. The van der Waals surface area contributed by atoms with Gasteiger partial charge in [-0.1, -0.05) is 44.2 Å². The fourth-order valence-electron chi connectivity index (χ4n) is 2.00. The molecule has 22 heavy (non-hydrogen) atoms. The maximum atomic E-state index is 11.9. The number of carbonyl (C=O) groups excluding carboxylic acids is 2. The van der Waals surface area contributed by atoms with Crippen LogP contribution in [0.2, 0.25) is 0 Å². The molecule has 1 unspecified atom stereocenters. The fraction of sp³-hybridized carbons (Fsp3) is 0.500. The summed E-state index contributed by atoms with van der Waals surface area (Å²) in [6, 6.07) is 9.14. The second-order valence-electron chi connectivity index (χ2n) is 5.41. The monoisotopic (exact) mass is 344 g/mol. The molecule has 0 aliphatic rings. The first-order valence-corrected chi connectivity index (χ1v) is 8.33. The third kappa shape index (κ3) is 8.41. The topological polar surface area (TPSA) is 72.2 Å². The number of rotatable bonds is 9. The summed E-state index contributed by atoms with van der Waals surface area (Å²) in [5.41, 5.74) is 6.33. The fourth-order valence-corrected chi connectivity index (χ4v) is 2.72. The quantitative estimate of drug-likeness (QED) is 0.675. The van der Waals surface area contributed by atoms with E-state index >= 15 is 0 Å². The smallest absolute Gasteiger partial charge is 0.230 e. The molecule has 124 valence electrons. The van der Waals surface area contributed by atoms with Gasteiger partial charge in [0.15, 0.2) is 5.78 Å². The second-order valence-corrected chi connectivity index (χ2v) is 6.40. The van der Waals surface area contributed by atoms with Crippen LogP contribution in [0.25, 0.3) is 0 Å². The van der Waals surface area contributed by atoms with Crippen LogP contribution < -0.4 is 11.1 Å². The molecule has 0 aliphatic carbocycles. The van der Waals surface area contributed by atoms with E-state index in [-0.39, 0.29) is 35.9 Å². The molecule has 0 aromatic heterocycles. The minimum absolute atomic E-state index is 0. The molecule has 0 spiro atoms. The van der Waals surface area contributed by atoms with Gasteiger partial charge in [0.2, 0.25) is 5.91 Å². The van der Waals surface area contributed by atoms with Gasteiger partial charge in [0, 0.05) is 18.2 Å². The lowest BCUT2D eigenvalue weighted by Gasteiger charge is -2.18. The maximum absolute atomic E-state index is 11.9. The van der Waals surface area contributed by atoms with E-state index in [1.54, 1.807) is 12.1 Å². The molecule has 0 heterocycles. The molecular formula is C16H25ClN2O2S. The summed E-state index contributed by atoms with van der Waals surface area (Å²) in [7, 11) is 0. The molecule has 0 aliphatic heterocycles. The number of thioether (sulfide) groups is 1. The van der Waals surface area contributed by atoms with Crippen LogP contribution in [0.5, 0.6) is 0 Å². The first-order chi connectivity index (χ1) is 10.0. The molecule has 1 rings (SSSR count). The summed E-state index contributed by atoms with van der Waals surface area (Å²) in [4.78, 5) is 23.7. The average molecular weight is 345 g/mol. The summed E-state index contributed by atoms with van der Waals surface area (Å²) in [6.07, 6.45) is 0.871. The van der Waals surface area contributed by atoms with E-state index in [9.17, 15) is 9.59 Å². The minimum atomic E-state index is -0.0584. The summed E-state index contributed by atoms with van der Waals surface area (Å²) in [6.45, 7) is 4.64. The minimum Gasteiger partial charge on any atom is -0.351 e. The molecule has 0 fully saturated rings. The number of amides is 1. The number of benzene rings is 1. The van der Waals surface area contributed by atoms with E-state index in [0.717, 1.165) is 6.42 Å². The van der Waals surface area contributed by atoms with Gasteiger partial charge in [-0.3, -0.25) is 9.59 Å². The molecule has 0 radical (unpaired) electrons. The molecular weight excluding hydrogens is 320 g/mol. The molecule has 4 nitrogen and oxygen atoms in total.